The molecule has 82 valence electrons. The Balaban J connectivity index is 4.31. The maximum Gasteiger partial charge on any atom is 0.328 e. The smallest absolute Gasteiger partial charge is 0.328 e. The molecule has 0 amide bonds. The predicted molar refractivity (Wildman–Crippen MR) is 55.1 cm³/mol. The Morgan fingerprint density at radius 3 is 2.71 bits per heavy atom. The van der Waals surface area contributed by atoms with E-state index in [1.807, 2.05) is 6.92 Å². The zero-order valence-corrected chi connectivity index (χ0v) is 9.13. The van der Waals surface area contributed by atoms with Crippen LogP contribution < -0.4 is 5.32 Å². The minimum absolute atomic E-state index is 0.296. The summed E-state index contributed by atoms with van der Waals surface area (Å²) in [5.74, 6) is -0.326. The van der Waals surface area contributed by atoms with E-state index in [-0.39, 0.29) is 5.97 Å². The van der Waals surface area contributed by atoms with Gasteiger partial charge in [-0.25, -0.2) is 4.79 Å². The zero-order chi connectivity index (χ0) is 11.0. The summed E-state index contributed by atoms with van der Waals surface area (Å²) >= 11 is 0. The molecule has 0 spiro atoms. The number of esters is 1. The van der Waals surface area contributed by atoms with Crippen LogP contribution in [0, 0.1) is 0 Å². The van der Waals surface area contributed by atoms with E-state index >= 15 is 0 Å². The molecule has 1 atom stereocenters. The molecule has 0 saturated heterocycles. The summed E-state index contributed by atoms with van der Waals surface area (Å²) in [6, 6.07) is 0. The van der Waals surface area contributed by atoms with Gasteiger partial charge in [0.05, 0.1) is 13.7 Å². The first-order valence-corrected chi connectivity index (χ1v) is 4.62. The number of methoxy groups -OCH3 is 1. The Bertz CT molecular complexity index is 194. The van der Waals surface area contributed by atoms with Crippen molar-refractivity contribution in [1.29, 1.82) is 0 Å². The Morgan fingerprint density at radius 1 is 1.64 bits per heavy atom. The first-order valence-electron chi connectivity index (χ1n) is 4.62. The van der Waals surface area contributed by atoms with Crippen molar-refractivity contribution in [2.75, 3.05) is 26.9 Å². The average Bonchev–Trinajstić information content (AvgIpc) is 2.22. The van der Waals surface area contributed by atoms with Gasteiger partial charge in [-0.2, -0.15) is 0 Å². The summed E-state index contributed by atoms with van der Waals surface area (Å²) in [4.78, 5) is 11.4. The molecule has 0 aliphatic carbocycles. The number of hydrogen-bond donors (Lipinski definition) is 1. The number of carbonyl (C=O) groups is 1. The van der Waals surface area contributed by atoms with Crippen LogP contribution in [-0.4, -0.2) is 38.4 Å². The van der Waals surface area contributed by atoms with Gasteiger partial charge in [0, 0.05) is 13.2 Å². The summed E-state index contributed by atoms with van der Waals surface area (Å²) in [6.07, 6.45) is 1.69. The molecule has 0 aliphatic rings. The number of carbonyl (C=O) groups excluding carboxylic acids is 1. The molecular weight excluding hydrogens is 182 g/mol. The standard InChI is InChI=1S/C10H19NO3/c1-5-7-11-10(3,8-14-6-2)9(12)13-4/h5,11H,1,6-8H2,2-4H3. The molecule has 0 radical (unpaired) electrons. The zero-order valence-electron chi connectivity index (χ0n) is 9.13. The lowest BCUT2D eigenvalue weighted by Crippen LogP contribution is -2.53. The molecule has 0 bridgehead atoms. The number of nitrogens with one attached hydrogen (secondary N) is 1. The molecule has 0 aliphatic heterocycles. The van der Waals surface area contributed by atoms with E-state index in [1.165, 1.54) is 7.11 Å². The molecule has 1 unspecified atom stereocenters. The van der Waals surface area contributed by atoms with Gasteiger partial charge >= 0.3 is 5.97 Å². The second-order valence-corrected chi connectivity index (χ2v) is 3.13. The molecule has 0 aromatic carbocycles. The summed E-state index contributed by atoms with van der Waals surface area (Å²) in [5.41, 5.74) is -0.793. The van der Waals surface area contributed by atoms with Gasteiger partial charge in [-0.1, -0.05) is 6.08 Å². The van der Waals surface area contributed by atoms with Crippen molar-refractivity contribution in [3.63, 3.8) is 0 Å². The van der Waals surface area contributed by atoms with Crippen molar-refractivity contribution < 1.29 is 14.3 Å². The van der Waals surface area contributed by atoms with Gasteiger partial charge in [-0.3, -0.25) is 5.32 Å². The maximum absolute atomic E-state index is 11.4. The van der Waals surface area contributed by atoms with Crippen LogP contribution in [0.25, 0.3) is 0 Å². The van der Waals surface area contributed by atoms with E-state index in [2.05, 4.69) is 11.9 Å². The number of ether oxygens (including phenoxy) is 2. The molecule has 0 saturated carbocycles. The average molecular weight is 201 g/mol. The second kappa shape index (κ2) is 6.56. The topological polar surface area (TPSA) is 47.6 Å². The monoisotopic (exact) mass is 201 g/mol. The van der Waals surface area contributed by atoms with Crippen LogP contribution in [-0.2, 0) is 14.3 Å². The van der Waals surface area contributed by atoms with Crippen molar-refractivity contribution in [3.05, 3.63) is 12.7 Å². The van der Waals surface area contributed by atoms with E-state index < -0.39 is 5.54 Å². The van der Waals surface area contributed by atoms with E-state index in [0.717, 1.165) is 0 Å². The Hall–Kier alpha value is -0.870. The number of hydrogen-bond acceptors (Lipinski definition) is 4. The van der Waals surface area contributed by atoms with Crippen LogP contribution in [0.5, 0.6) is 0 Å². The fourth-order valence-corrected chi connectivity index (χ4v) is 1.01. The van der Waals surface area contributed by atoms with Crippen LogP contribution in [0.3, 0.4) is 0 Å². The molecule has 0 heterocycles. The van der Waals surface area contributed by atoms with Crippen LogP contribution >= 0.6 is 0 Å². The Kier molecular flexibility index (Phi) is 6.16. The predicted octanol–water partition coefficient (Wildman–Crippen LogP) is 0.730. The highest BCUT2D eigenvalue weighted by Crippen LogP contribution is 2.06. The third-order valence-corrected chi connectivity index (χ3v) is 1.87. The molecule has 0 aromatic heterocycles. The first-order chi connectivity index (χ1) is 6.60. The van der Waals surface area contributed by atoms with Gasteiger partial charge in [0.15, 0.2) is 0 Å². The van der Waals surface area contributed by atoms with Crippen LogP contribution in [0.4, 0.5) is 0 Å². The van der Waals surface area contributed by atoms with Gasteiger partial charge in [-0.15, -0.1) is 6.58 Å². The number of rotatable bonds is 7. The largest absolute Gasteiger partial charge is 0.468 e. The van der Waals surface area contributed by atoms with E-state index in [1.54, 1.807) is 13.0 Å². The molecule has 1 N–H and O–H groups in total. The summed E-state index contributed by atoms with van der Waals surface area (Å²) in [6.45, 7) is 8.61. The fraction of sp³-hybridized carbons (Fsp3) is 0.700. The quantitative estimate of drug-likeness (QED) is 0.487. The second-order valence-electron chi connectivity index (χ2n) is 3.13. The lowest BCUT2D eigenvalue weighted by atomic mass is 10.0. The molecule has 0 rings (SSSR count). The van der Waals surface area contributed by atoms with E-state index in [4.69, 9.17) is 9.47 Å². The molecule has 4 nitrogen and oxygen atoms in total. The van der Waals surface area contributed by atoms with Crippen molar-refractivity contribution in [3.8, 4) is 0 Å². The third kappa shape index (κ3) is 3.89. The van der Waals surface area contributed by atoms with Gasteiger partial charge in [0.1, 0.15) is 5.54 Å². The maximum atomic E-state index is 11.4. The van der Waals surface area contributed by atoms with Gasteiger partial charge in [0.25, 0.3) is 0 Å². The molecule has 14 heavy (non-hydrogen) atoms. The normalized spacial score (nSPS) is 14.5. The van der Waals surface area contributed by atoms with Crippen LogP contribution in [0.2, 0.25) is 0 Å². The highest BCUT2D eigenvalue weighted by atomic mass is 16.5. The molecule has 0 aromatic rings. The summed E-state index contributed by atoms with van der Waals surface area (Å²) in [5, 5.41) is 3.01. The van der Waals surface area contributed by atoms with E-state index in [9.17, 15) is 4.79 Å². The Morgan fingerprint density at radius 2 is 2.29 bits per heavy atom. The molecule has 4 heteroatoms. The van der Waals surface area contributed by atoms with Crippen molar-refractivity contribution in [2.45, 2.75) is 19.4 Å². The third-order valence-electron chi connectivity index (χ3n) is 1.87. The lowest BCUT2D eigenvalue weighted by molar-refractivity contribution is -0.150. The minimum atomic E-state index is -0.793. The van der Waals surface area contributed by atoms with Crippen molar-refractivity contribution >= 4 is 5.97 Å². The van der Waals surface area contributed by atoms with Crippen molar-refractivity contribution in [1.82, 2.24) is 5.32 Å². The van der Waals surface area contributed by atoms with Gasteiger partial charge < -0.3 is 9.47 Å². The van der Waals surface area contributed by atoms with Gasteiger partial charge in [-0.05, 0) is 13.8 Å². The van der Waals surface area contributed by atoms with Crippen LogP contribution in [0.15, 0.2) is 12.7 Å². The van der Waals surface area contributed by atoms with E-state index in [0.29, 0.717) is 19.8 Å². The summed E-state index contributed by atoms with van der Waals surface area (Å²) in [7, 11) is 1.36. The Labute approximate surface area is 85.3 Å². The fourth-order valence-electron chi connectivity index (χ4n) is 1.01. The SMILES string of the molecule is C=CCNC(C)(COCC)C(=O)OC. The van der Waals surface area contributed by atoms with Crippen molar-refractivity contribution in [2.24, 2.45) is 0 Å². The molecular formula is C10H19NO3. The lowest BCUT2D eigenvalue weighted by Gasteiger charge is -2.26. The van der Waals surface area contributed by atoms with Gasteiger partial charge in [0.2, 0.25) is 0 Å². The van der Waals surface area contributed by atoms with Crippen LogP contribution in [0.1, 0.15) is 13.8 Å². The highest BCUT2D eigenvalue weighted by molar-refractivity contribution is 5.80. The molecule has 0 fully saturated rings. The highest BCUT2D eigenvalue weighted by Gasteiger charge is 2.33. The minimum Gasteiger partial charge on any atom is -0.468 e. The first kappa shape index (κ1) is 13.1. The summed E-state index contributed by atoms with van der Waals surface area (Å²) < 4.78 is 9.91.